The van der Waals surface area contributed by atoms with Crippen molar-refractivity contribution in [1.29, 1.82) is 0 Å². The second kappa shape index (κ2) is 5.47. The van der Waals surface area contributed by atoms with Gasteiger partial charge in [-0.3, -0.25) is 0 Å². The van der Waals surface area contributed by atoms with Crippen molar-refractivity contribution >= 4 is 9.04 Å². The van der Waals surface area contributed by atoms with Crippen LogP contribution in [0.1, 0.15) is 37.5 Å². The van der Waals surface area contributed by atoms with Crippen LogP contribution in [0.25, 0.3) is 0 Å². The van der Waals surface area contributed by atoms with Crippen molar-refractivity contribution in [3.05, 3.63) is 53.1 Å². The smallest absolute Gasteiger partial charge is 0.229 e. The van der Waals surface area contributed by atoms with E-state index in [0.717, 1.165) is 23.7 Å². The van der Waals surface area contributed by atoms with Crippen LogP contribution < -0.4 is 9.16 Å². The first-order chi connectivity index (χ1) is 10.3. The zero-order valence-corrected chi connectivity index (χ0v) is 15.2. The molecule has 116 valence electrons. The Morgan fingerprint density at radius 3 is 2.45 bits per heavy atom. The van der Waals surface area contributed by atoms with Crippen LogP contribution >= 0.6 is 0 Å². The average molecular weight is 312 g/mol. The number of fused-ring (bicyclic) bond motifs is 2. The van der Waals surface area contributed by atoms with Crippen LogP contribution in [0.5, 0.6) is 17.2 Å². The third-order valence-corrected chi connectivity index (χ3v) is 4.68. The minimum absolute atomic E-state index is 0.0754. The highest BCUT2D eigenvalue weighted by atomic mass is 28.3. The van der Waals surface area contributed by atoms with Gasteiger partial charge in [0.15, 0.2) is 0 Å². The monoisotopic (exact) mass is 312 g/mol. The molecule has 0 aromatic heterocycles. The van der Waals surface area contributed by atoms with Crippen LogP contribution in [0.3, 0.4) is 0 Å². The number of ether oxygens (including phenoxy) is 1. The molecule has 0 bridgehead atoms. The van der Waals surface area contributed by atoms with Crippen LogP contribution in [-0.2, 0) is 11.8 Å². The number of hydrogen-bond donors (Lipinski definition) is 0. The first kappa shape index (κ1) is 15.2. The first-order valence-corrected chi connectivity index (χ1v) is 10.7. The maximum absolute atomic E-state index is 6.22. The Morgan fingerprint density at radius 2 is 1.77 bits per heavy atom. The van der Waals surface area contributed by atoms with Crippen LogP contribution in [0, 0.1) is 0 Å². The Balaban J connectivity index is 2.11. The molecule has 3 rings (SSSR count). The molecule has 0 N–H and O–H groups in total. The van der Waals surface area contributed by atoms with Gasteiger partial charge in [0.05, 0.1) is 0 Å². The molecule has 1 aliphatic rings. The summed E-state index contributed by atoms with van der Waals surface area (Å²) < 4.78 is 12.4. The minimum atomic E-state index is -1.16. The first-order valence-electron chi connectivity index (χ1n) is 7.94. The van der Waals surface area contributed by atoms with E-state index < -0.39 is 9.04 Å². The Labute approximate surface area is 134 Å². The van der Waals surface area contributed by atoms with Crippen LogP contribution in [0.2, 0.25) is 13.1 Å². The molecule has 22 heavy (non-hydrogen) atoms. The normalized spacial score (nSPS) is 13.4. The molecule has 0 saturated carbocycles. The maximum Gasteiger partial charge on any atom is 0.229 e. The van der Waals surface area contributed by atoms with Gasteiger partial charge >= 0.3 is 0 Å². The van der Waals surface area contributed by atoms with Gasteiger partial charge in [-0.1, -0.05) is 39.0 Å². The van der Waals surface area contributed by atoms with E-state index in [2.05, 4.69) is 58.1 Å². The standard InChI is InChI=1S/C19H24O2Si/c1-19(2,3)14-11-17-15(18(12-14)21-22(4)5)10-13-8-6-7-9-16(13)20-17/h6-9,11-12,22H,10H2,1-5H3. The van der Waals surface area contributed by atoms with Gasteiger partial charge in [0, 0.05) is 12.0 Å². The summed E-state index contributed by atoms with van der Waals surface area (Å²) in [6, 6.07) is 12.7. The molecule has 0 atom stereocenters. The lowest BCUT2D eigenvalue weighted by Crippen LogP contribution is -2.17. The van der Waals surface area contributed by atoms with E-state index in [1.54, 1.807) is 0 Å². The fraction of sp³-hybridized carbons (Fsp3) is 0.368. The van der Waals surface area contributed by atoms with Crippen molar-refractivity contribution in [2.45, 2.75) is 45.7 Å². The third-order valence-electron chi connectivity index (χ3n) is 3.96. The Bertz CT molecular complexity index is 699. The molecule has 0 amide bonds. The van der Waals surface area contributed by atoms with E-state index in [9.17, 15) is 0 Å². The van der Waals surface area contributed by atoms with E-state index in [1.165, 1.54) is 16.7 Å². The topological polar surface area (TPSA) is 18.5 Å². The van der Waals surface area contributed by atoms with E-state index in [1.807, 2.05) is 12.1 Å². The summed E-state index contributed by atoms with van der Waals surface area (Å²) in [5.41, 5.74) is 3.75. The molecule has 0 unspecified atom stereocenters. The number of benzene rings is 2. The molecule has 2 aromatic carbocycles. The van der Waals surface area contributed by atoms with Gasteiger partial charge in [-0.25, -0.2) is 0 Å². The van der Waals surface area contributed by atoms with Gasteiger partial charge in [0.2, 0.25) is 9.04 Å². The van der Waals surface area contributed by atoms with Gasteiger partial charge in [0.25, 0.3) is 0 Å². The van der Waals surface area contributed by atoms with Crippen LogP contribution in [0.15, 0.2) is 36.4 Å². The Kier molecular flexibility index (Phi) is 3.77. The van der Waals surface area contributed by atoms with Crippen LogP contribution in [0.4, 0.5) is 0 Å². The predicted octanol–water partition coefficient (Wildman–Crippen LogP) is 5.04. The Hall–Kier alpha value is -1.74. The highest BCUT2D eigenvalue weighted by Gasteiger charge is 2.25. The second-order valence-corrected chi connectivity index (χ2v) is 9.59. The van der Waals surface area contributed by atoms with Crippen molar-refractivity contribution in [2.75, 3.05) is 0 Å². The largest absolute Gasteiger partial charge is 0.547 e. The van der Waals surface area contributed by atoms with Gasteiger partial charge in [-0.15, -0.1) is 0 Å². The molecule has 0 radical (unpaired) electrons. The van der Waals surface area contributed by atoms with Crippen molar-refractivity contribution < 1.29 is 9.16 Å². The van der Waals surface area contributed by atoms with E-state index in [0.29, 0.717) is 0 Å². The van der Waals surface area contributed by atoms with Crippen LogP contribution in [-0.4, -0.2) is 9.04 Å². The lowest BCUT2D eigenvalue weighted by atomic mass is 9.85. The summed E-state index contributed by atoms with van der Waals surface area (Å²) in [4.78, 5) is 0. The van der Waals surface area contributed by atoms with E-state index in [4.69, 9.17) is 9.16 Å². The summed E-state index contributed by atoms with van der Waals surface area (Å²) in [5, 5.41) is 0. The number of para-hydroxylation sites is 1. The lowest BCUT2D eigenvalue weighted by Gasteiger charge is -2.28. The predicted molar refractivity (Wildman–Crippen MR) is 94.0 cm³/mol. The number of hydrogen-bond acceptors (Lipinski definition) is 2. The molecule has 0 fully saturated rings. The molecular formula is C19H24O2Si. The summed E-state index contributed by atoms with van der Waals surface area (Å²) in [5.74, 6) is 2.93. The van der Waals surface area contributed by atoms with E-state index in [-0.39, 0.29) is 5.41 Å². The highest BCUT2D eigenvalue weighted by Crippen LogP contribution is 2.43. The maximum atomic E-state index is 6.22. The van der Waals surface area contributed by atoms with Crippen molar-refractivity contribution in [1.82, 2.24) is 0 Å². The third kappa shape index (κ3) is 2.91. The quantitative estimate of drug-likeness (QED) is 0.617. The molecular weight excluding hydrogens is 288 g/mol. The molecule has 2 nitrogen and oxygen atoms in total. The molecule has 1 aliphatic heterocycles. The highest BCUT2D eigenvalue weighted by molar-refractivity contribution is 6.49. The fourth-order valence-electron chi connectivity index (χ4n) is 2.74. The molecule has 0 aliphatic carbocycles. The summed E-state index contributed by atoms with van der Waals surface area (Å²) in [7, 11) is -1.16. The van der Waals surface area contributed by atoms with Gasteiger partial charge in [0.1, 0.15) is 17.2 Å². The summed E-state index contributed by atoms with van der Waals surface area (Å²) >= 11 is 0. The molecule has 2 aromatic rings. The Morgan fingerprint density at radius 1 is 1.05 bits per heavy atom. The fourth-order valence-corrected chi connectivity index (χ4v) is 3.45. The second-order valence-electron chi connectivity index (χ2n) is 7.25. The number of rotatable bonds is 2. The minimum Gasteiger partial charge on any atom is -0.547 e. The van der Waals surface area contributed by atoms with Crippen molar-refractivity contribution in [2.24, 2.45) is 0 Å². The zero-order valence-electron chi connectivity index (χ0n) is 14.1. The van der Waals surface area contributed by atoms with Gasteiger partial charge in [-0.2, -0.15) is 0 Å². The molecule has 1 heterocycles. The molecule has 3 heteroatoms. The van der Waals surface area contributed by atoms with Crippen molar-refractivity contribution in [3.8, 4) is 17.2 Å². The van der Waals surface area contributed by atoms with Gasteiger partial charge < -0.3 is 9.16 Å². The summed E-state index contributed by atoms with van der Waals surface area (Å²) in [6.45, 7) is 11.1. The van der Waals surface area contributed by atoms with Crippen molar-refractivity contribution in [3.63, 3.8) is 0 Å². The molecule has 0 saturated heterocycles. The summed E-state index contributed by atoms with van der Waals surface area (Å²) in [6.07, 6.45) is 0.881. The van der Waals surface area contributed by atoms with Gasteiger partial charge in [-0.05, 0) is 47.8 Å². The van der Waals surface area contributed by atoms with E-state index >= 15 is 0 Å². The average Bonchev–Trinajstić information content (AvgIpc) is 2.43. The lowest BCUT2D eigenvalue weighted by molar-refractivity contribution is 0.447. The zero-order chi connectivity index (χ0) is 15.9. The molecule has 0 spiro atoms. The SMILES string of the molecule is C[SiH](C)Oc1cc(C(C)(C)C)cc2c1Cc1ccccc1O2.